The van der Waals surface area contributed by atoms with Crippen molar-refractivity contribution < 1.29 is 9.53 Å². The van der Waals surface area contributed by atoms with Gasteiger partial charge in [0.15, 0.2) is 0 Å². The second-order valence-electron chi connectivity index (χ2n) is 5.38. The molecule has 0 spiro atoms. The number of piperazine rings is 1. The summed E-state index contributed by atoms with van der Waals surface area (Å²) in [5, 5.41) is 0. The quantitative estimate of drug-likeness (QED) is 0.825. The zero-order valence-corrected chi connectivity index (χ0v) is 14.3. The van der Waals surface area contributed by atoms with Gasteiger partial charge in [0.05, 0.1) is 11.9 Å². The van der Waals surface area contributed by atoms with Crippen molar-refractivity contribution in [1.29, 1.82) is 0 Å². The molecule has 1 amide bonds. The standard InChI is InChI=1S/C17H18BrN3O2/c18-15-10-16(12-19-11-15)20-6-8-21(9-7-20)17(22)23-13-14-4-2-1-3-5-14/h1-5,10-12H,6-9,13H2. The molecule has 1 aromatic carbocycles. The van der Waals surface area contributed by atoms with E-state index in [1.54, 1.807) is 11.1 Å². The van der Waals surface area contributed by atoms with Crippen LogP contribution in [0.3, 0.4) is 0 Å². The largest absolute Gasteiger partial charge is 0.445 e. The van der Waals surface area contributed by atoms with Crippen LogP contribution in [-0.2, 0) is 11.3 Å². The van der Waals surface area contributed by atoms with E-state index < -0.39 is 0 Å². The second-order valence-corrected chi connectivity index (χ2v) is 6.29. The lowest BCUT2D eigenvalue weighted by molar-refractivity contribution is 0.0942. The van der Waals surface area contributed by atoms with Gasteiger partial charge < -0.3 is 14.5 Å². The molecule has 0 radical (unpaired) electrons. The molecule has 0 atom stereocenters. The van der Waals surface area contributed by atoms with Crippen LogP contribution in [0, 0.1) is 0 Å². The molecule has 5 nitrogen and oxygen atoms in total. The van der Waals surface area contributed by atoms with E-state index in [-0.39, 0.29) is 6.09 Å². The fourth-order valence-corrected chi connectivity index (χ4v) is 2.88. The molecule has 0 N–H and O–H groups in total. The lowest BCUT2D eigenvalue weighted by Crippen LogP contribution is -2.49. The van der Waals surface area contributed by atoms with Gasteiger partial charge in [-0.25, -0.2) is 4.79 Å². The monoisotopic (exact) mass is 375 g/mol. The van der Waals surface area contributed by atoms with Gasteiger partial charge in [-0.1, -0.05) is 30.3 Å². The van der Waals surface area contributed by atoms with Crippen molar-refractivity contribution in [3.63, 3.8) is 0 Å². The first-order valence-electron chi connectivity index (χ1n) is 7.53. The second kappa shape index (κ2) is 7.46. The van der Waals surface area contributed by atoms with Gasteiger partial charge in [-0.2, -0.15) is 0 Å². The summed E-state index contributed by atoms with van der Waals surface area (Å²) >= 11 is 3.43. The lowest BCUT2D eigenvalue weighted by Gasteiger charge is -2.35. The summed E-state index contributed by atoms with van der Waals surface area (Å²) in [5.41, 5.74) is 2.07. The molecular formula is C17H18BrN3O2. The van der Waals surface area contributed by atoms with Gasteiger partial charge >= 0.3 is 6.09 Å². The average molecular weight is 376 g/mol. The zero-order valence-electron chi connectivity index (χ0n) is 12.7. The summed E-state index contributed by atoms with van der Waals surface area (Å²) in [6.07, 6.45) is 3.36. The Morgan fingerprint density at radius 2 is 1.87 bits per heavy atom. The number of hydrogen-bond donors (Lipinski definition) is 0. The maximum Gasteiger partial charge on any atom is 0.410 e. The third-order valence-electron chi connectivity index (χ3n) is 3.80. The molecule has 0 bridgehead atoms. The first-order chi connectivity index (χ1) is 11.2. The molecular weight excluding hydrogens is 358 g/mol. The first kappa shape index (κ1) is 15.8. The fourth-order valence-electron chi connectivity index (χ4n) is 2.53. The summed E-state index contributed by atoms with van der Waals surface area (Å²) in [6, 6.07) is 11.8. The van der Waals surface area contributed by atoms with E-state index in [1.165, 1.54) is 0 Å². The number of hydrogen-bond acceptors (Lipinski definition) is 4. The molecule has 3 rings (SSSR count). The maximum absolute atomic E-state index is 12.1. The summed E-state index contributed by atoms with van der Waals surface area (Å²) in [7, 11) is 0. The van der Waals surface area contributed by atoms with Crippen LogP contribution in [0.5, 0.6) is 0 Å². The Morgan fingerprint density at radius 3 is 2.57 bits per heavy atom. The van der Waals surface area contributed by atoms with Gasteiger partial charge in [-0.3, -0.25) is 4.98 Å². The third kappa shape index (κ3) is 4.22. The number of halogens is 1. The number of carbonyl (C=O) groups excluding carboxylic acids is 1. The Morgan fingerprint density at radius 1 is 1.13 bits per heavy atom. The molecule has 1 saturated heterocycles. The minimum absolute atomic E-state index is 0.249. The number of amides is 1. The predicted octanol–water partition coefficient (Wildman–Crippen LogP) is 3.30. The number of benzene rings is 1. The summed E-state index contributed by atoms with van der Waals surface area (Å²) in [5.74, 6) is 0. The Kier molecular flexibility index (Phi) is 5.12. The third-order valence-corrected chi connectivity index (χ3v) is 4.23. The maximum atomic E-state index is 12.1. The normalized spacial score (nSPS) is 14.7. The smallest absolute Gasteiger partial charge is 0.410 e. The molecule has 1 aromatic heterocycles. The molecule has 120 valence electrons. The van der Waals surface area contributed by atoms with Crippen molar-refractivity contribution in [3.8, 4) is 0 Å². The summed E-state index contributed by atoms with van der Waals surface area (Å²) in [4.78, 5) is 20.3. The summed E-state index contributed by atoms with van der Waals surface area (Å²) in [6.45, 7) is 3.17. The van der Waals surface area contributed by atoms with Crippen LogP contribution in [0.25, 0.3) is 0 Å². The molecule has 0 saturated carbocycles. The minimum Gasteiger partial charge on any atom is -0.445 e. The topological polar surface area (TPSA) is 45.7 Å². The highest BCUT2D eigenvalue weighted by Gasteiger charge is 2.22. The highest BCUT2D eigenvalue weighted by Crippen LogP contribution is 2.20. The van der Waals surface area contributed by atoms with Gasteiger partial charge in [0.2, 0.25) is 0 Å². The van der Waals surface area contributed by atoms with Gasteiger partial charge in [-0.05, 0) is 27.6 Å². The van der Waals surface area contributed by atoms with Crippen LogP contribution in [0.1, 0.15) is 5.56 Å². The molecule has 0 aliphatic carbocycles. The van der Waals surface area contributed by atoms with Crippen LogP contribution < -0.4 is 4.90 Å². The van der Waals surface area contributed by atoms with E-state index in [4.69, 9.17) is 4.74 Å². The average Bonchev–Trinajstić information content (AvgIpc) is 2.61. The number of carbonyl (C=O) groups is 1. The molecule has 2 aromatic rings. The Labute approximate surface area is 144 Å². The van der Waals surface area contributed by atoms with Crippen LogP contribution in [-0.4, -0.2) is 42.2 Å². The van der Waals surface area contributed by atoms with Gasteiger partial charge in [-0.15, -0.1) is 0 Å². The highest BCUT2D eigenvalue weighted by atomic mass is 79.9. The SMILES string of the molecule is O=C(OCc1ccccc1)N1CCN(c2cncc(Br)c2)CC1. The molecule has 1 aliphatic heterocycles. The van der Waals surface area contributed by atoms with Crippen LogP contribution in [0.2, 0.25) is 0 Å². The van der Waals surface area contributed by atoms with E-state index in [2.05, 4.69) is 25.8 Å². The number of ether oxygens (including phenoxy) is 1. The van der Waals surface area contributed by atoms with E-state index in [9.17, 15) is 4.79 Å². The summed E-state index contributed by atoms with van der Waals surface area (Å²) < 4.78 is 6.33. The predicted molar refractivity (Wildman–Crippen MR) is 92.4 cm³/mol. The lowest BCUT2D eigenvalue weighted by atomic mass is 10.2. The number of aromatic nitrogens is 1. The fraction of sp³-hybridized carbons (Fsp3) is 0.294. The Hall–Kier alpha value is -2.08. The van der Waals surface area contributed by atoms with Crippen molar-refractivity contribution in [2.45, 2.75) is 6.61 Å². The first-order valence-corrected chi connectivity index (χ1v) is 8.33. The van der Waals surface area contributed by atoms with E-state index >= 15 is 0 Å². The molecule has 2 heterocycles. The van der Waals surface area contributed by atoms with Crippen molar-refractivity contribution in [1.82, 2.24) is 9.88 Å². The van der Waals surface area contributed by atoms with Crippen LogP contribution >= 0.6 is 15.9 Å². The van der Waals surface area contributed by atoms with E-state index in [0.717, 1.165) is 28.8 Å². The van der Waals surface area contributed by atoms with E-state index in [0.29, 0.717) is 19.7 Å². The van der Waals surface area contributed by atoms with E-state index in [1.807, 2.05) is 42.6 Å². The highest BCUT2D eigenvalue weighted by molar-refractivity contribution is 9.10. The van der Waals surface area contributed by atoms with Crippen molar-refractivity contribution in [3.05, 3.63) is 58.8 Å². The molecule has 6 heteroatoms. The number of anilines is 1. The number of rotatable bonds is 3. The Bertz CT molecular complexity index is 658. The molecule has 0 unspecified atom stereocenters. The number of nitrogens with zero attached hydrogens (tertiary/aromatic N) is 3. The van der Waals surface area contributed by atoms with Gasteiger partial charge in [0.1, 0.15) is 6.61 Å². The molecule has 1 fully saturated rings. The Balaban J connectivity index is 1.49. The van der Waals surface area contributed by atoms with Gasteiger partial charge in [0.25, 0.3) is 0 Å². The van der Waals surface area contributed by atoms with Crippen LogP contribution in [0.15, 0.2) is 53.3 Å². The van der Waals surface area contributed by atoms with Gasteiger partial charge in [0, 0.05) is 36.8 Å². The molecule has 23 heavy (non-hydrogen) atoms. The zero-order chi connectivity index (χ0) is 16.1. The minimum atomic E-state index is -0.249. The molecule has 1 aliphatic rings. The van der Waals surface area contributed by atoms with Crippen molar-refractivity contribution in [2.75, 3.05) is 31.1 Å². The number of pyridine rings is 1. The van der Waals surface area contributed by atoms with Crippen molar-refractivity contribution >= 4 is 27.7 Å². The van der Waals surface area contributed by atoms with Crippen molar-refractivity contribution in [2.24, 2.45) is 0 Å². The van der Waals surface area contributed by atoms with Crippen LogP contribution in [0.4, 0.5) is 10.5 Å².